The van der Waals surface area contributed by atoms with Gasteiger partial charge in [-0.25, -0.2) is 4.98 Å². The molecule has 102 valence electrons. The smallest absolute Gasteiger partial charge is 0.223 e. The van der Waals surface area contributed by atoms with E-state index in [1.54, 1.807) is 19.5 Å². The first-order chi connectivity index (χ1) is 9.21. The Kier molecular flexibility index (Phi) is 4.16. The molecule has 5 nitrogen and oxygen atoms in total. The summed E-state index contributed by atoms with van der Waals surface area (Å²) in [5.41, 5.74) is 1.52. The fourth-order valence-electron chi connectivity index (χ4n) is 2.16. The molecule has 0 bridgehead atoms. The standard InChI is InChI=1S/C14H19N3O2/c1-4-17(5-2)9-12(18)10-8-16-11-6-7-15-14(19-3)13(10)11/h6-8,16H,4-5,9H2,1-3H3. The van der Waals surface area contributed by atoms with Crippen molar-refractivity contribution < 1.29 is 9.53 Å². The molecular formula is C14H19N3O2. The van der Waals surface area contributed by atoms with Crippen LogP contribution < -0.4 is 4.74 Å². The van der Waals surface area contributed by atoms with E-state index in [9.17, 15) is 4.79 Å². The van der Waals surface area contributed by atoms with Crippen LogP contribution in [0.4, 0.5) is 0 Å². The van der Waals surface area contributed by atoms with E-state index >= 15 is 0 Å². The van der Waals surface area contributed by atoms with Crippen LogP contribution >= 0.6 is 0 Å². The average Bonchev–Trinajstić information content (AvgIpc) is 2.88. The molecule has 1 N–H and O–H groups in total. The van der Waals surface area contributed by atoms with Crippen molar-refractivity contribution in [1.29, 1.82) is 0 Å². The molecule has 0 fully saturated rings. The minimum absolute atomic E-state index is 0.0845. The molecule has 0 atom stereocenters. The molecule has 2 aromatic heterocycles. The number of ether oxygens (including phenoxy) is 1. The number of aromatic amines is 1. The summed E-state index contributed by atoms with van der Waals surface area (Å²) in [4.78, 5) is 21.7. The number of aromatic nitrogens is 2. The highest BCUT2D eigenvalue weighted by atomic mass is 16.5. The number of carbonyl (C=O) groups excluding carboxylic acids is 1. The van der Waals surface area contributed by atoms with E-state index in [0.29, 0.717) is 18.0 Å². The third kappa shape index (κ3) is 2.61. The first-order valence-corrected chi connectivity index (χ1v) is 6.46. The summed E-state index contributed by atoms with van der Waals surface area (Å²) in [5, 5.41) is 0.766. The molecule has 2 aromatic rings. The molecule has 0 aliphatic carbocycles. The minimum Gasteiger partial charge on any atom is -0.480 e. The number of nitrogens with zero attached hydrogens (tertiary/aromatic N) is 2. The summed E-state index contributed by atoms with van der Waals surface area (Å²) in [6.45, 7) is 6.24. The second kappa shape index (κ2) is 5.84. The van der Waals surface area contributed by atoms with E-state index in [2.05, 4.69) is 14.9 Å². The maximum Gasteiger partial charge on any atom is 0.223 e. The zero-order valence-corrected chi connectivity index (χ0v) is 11.6. The Balaban J connectivity index is 2.37. The summed E-state index contributed by atoms with van der Waals surface area (Å²) in [5.74, 6) is 0.572. The van der Waals surface area contributed by atoms with Crippen molar-refractivity contribution >= 4 is 16.7 Å². The number of Topliss-reactive ketones (excluding diaryl/α,β-unsaturated/α-hetero) is 1. The number of rotatable bonds is 6. The lowest BCUT2D eigenvalue weighted by molar-refractivity contribution is 0.0939. The summed E-state index contributed by atoms with van der Waals surface area (Å²) >= 11 is 0. The van der Waals surface area contributed by atoms with Crippen molar-refractivity contribution in [3.63, 3.8) is 0 Å². The van der Waals surface area contributed by atoms with Crippen LogP contribution in [0.5, 0.6) is 5.88 Å². The Labute approximate surface area is 112 Å². The molecule has 5 heteroatoms. The lowest BCUT2D eigenvalue weighted by Crippen LogP contribution is -2.29. The van der Waals surface area contributed by atoms with Gasteiger partial charge in [0.25, 0.3) is 0 Å². The predicted molar refractivity (Wildman–Crippen MR) is 74.8 cm³/mol. The fourth-order valence-corrected chi connectivity index (χ4v) is 2.16. The van der Waals surface area contributed by atoms with Crippen LogP contribution in [0, 0.1) is 0 Å². The number of pyridine rings is 1. The van der Waals surface area contributed by atoms with Crippen LogP contribution in [0.3, 0.4) is 0 Å². The molecular weight excluding hydrogens is 242 g/mol. The molecule has 19 heavy (non-hydrogen) atoms. The SMILES string of the molecule is CCN(CC)CC(=O)c1c[nH]c2ccnc(OC)c12. The van der Waals surface area contributed by atoms with Crippen molar-refractivity contribution in [2.45, 2.75) is 13.8 Å². The van der Waals surface area contributed by atoms with Gasteiger partial charge < -0.3 is 9.72 Å². The number of likely N-dealkylation sites (N-methyl/N-ethyl adjacent to an activating group) is 1. The van der Waals surface area contributed by atoms with Gasteiger partial charge in [-0.05, 0) is 19.2 Å². The Morgan fingerprint density at radius 1 is 1.42 bits per heavy atom. The number of carbonyl (C=O) groups is 1. The van der Waals surface area contributed by atoms with Crippen molar-refractivity contribution in [3.8, 4) is 5.88 Å². The van der Waals surface area contributed by atoms with E-state index in [1.165, 1.54) is 0 Å². The van der Waals surface area contributed by atoms with Crippen LogP contribution in [-0.2, 0) is 0 Å². The number of ketones is 1. The zero-order valence-electron chi connectivity index (χ0n) is 11.6. The van der Waals surface area contributed by atoms with Gasteiger partial charge >= 0.3 is 0 Å². The predicted octanol–water partition coefficient (Wildman–Crippen LogP) is 2.10. The van der Waals surface area contributed by atoms with Gasteiger partial charge in [0.05, 0.1) is 24.6 Å². The van der Waals surface area contributed by atoms with Gasteiger partial charge in [-0.15, -0.1) is 0 Å². The van der Waals surface area contributed by atoms with Crippen molar-refractivity contribution in [3.05, 3.63) is 24.0 Å². The Morgan fingerprint density at radius 3 is 2.79 bits per heavy atom. The van der Waals surface area contributed by atoms with Crippen LogP contribution in [0.15, 0.2) is 18.5 Å². The number of nitrogens with one attached hydrogen (secondary N) is 1. The van der Waals surface area contributed by atoms with Gasteiger partial charge in [-0.3, -0.25) is 9.69 Å². The highest BCUT2D eigenvalue weighted by molar-refractivity contribution is 6.10. The van der Waals surface area contributed by atoms with E-state index in [0.717, 1.165) is 24.0 Å². The van der Waals surface area contributed by atoms with E-state index < -0.39 is 0 Å². The van der Waals surface area contributed by atoms with Crippen molar-refractivity contribution in [2.75, 3.05) is 26.7 Å². The van der Waals surface area contributed by atoms with Gasteiger partial charge in [-0.1, -0.05) is 13.8 Å². The largest absolute Gasteiger partial charge is 0.480 e. The molecule has 0 unspecified atom stereocenters. The highest BCUT2D eigenvalue weighted by Gasteiger charge is 2.17. The molecule has 2 rings (SSSR count). The first-order valence-electron chi connectivity index (χ1n) is 6.46. The van der Waals surface area contributed by atoms with Gasteiger partial charge in [0.1, 0.15) is 0 Å². The van der Waals surface area contributed by atoms with Crippen LogP contribution in [0.1, 0.15) is 24.2 Å². The zero-order chi connectivity index (χ0) is 13.8. The van der Waals surface area contributed by atoms with Gasteiger partial charge in [0, 0.05) is 18.0 Å². The second-order valence-electron chi connectivity index (χ2n) is 4.33. The number of fused-ring (bicyclic) bond motifs is 1. The molecule has 0 aliphatic heterocycles. The maximum atomic E-state index is 12.4. The second-order valence-corrected chi connectivity index (χ2v) is 4.33. The molecule has 0 amide bonds. The van der Waals surface area contributed by atoms with Gasteiger partial charge in [-0.2, -0.15) is 0 Å². The summed E-state index contributed by atoms with van der Waals surface area (Å²) in [6.07, 6.45) is 3.40. The maximum absolute atomic E-state index is 12.4. The average molecular weight is 261 g/mol. The Morgan fingerprint density at radius 2 is 2.16 bits per heavy atom. The first kappa shape index (κ1) is 13.5. The van der Waals surface area contributed by atoms with E-state index in [1.807, 2.05) is 19.9 Å². The van der Waals surface area contributed by atoms with Crippen LogP contribution in [-0.4, -0.2) is 47.4 Å². The molecule has 0 aliphatic rings. The minimum atomic E-state index is 0.0845. The molecule has 0 spiro atoms. The lowest BCUT2D eigenvalue weighted by atomic mass is 10.1. The topological polar surface area (TPSA) is 58.2 Å². The number of H-pyrrole nitrogens is 1. The van der Waals surface area contributed by atoms with Gasteiger partial charge in [0.15, 0.2) is 5.78 Å². The fraction of sp³-hybridized carbons (Fsp3) is 0.429. The van der Waals surface area contributed by atoms with Crippen molar-refractivity contribution in [1.82, 2.24) is 14.9 Å². The van der Waals surface area contributed by atoms with Crippen LogP contribution in [0.25, 0.3) is 10.9 Å². The molecule has 0 radical (unpaired) electrons. The van der Waals surface area contributed by atoms with E-state index in [-0.39, 0.29) is 5.78 Å². The molecule has 0 saturated carbocycles. The highest BCUT2D eigenvalue weighted by Crippen LogP contribution is 2.26. The monoisotopic (exact) mass is 261 g/mol. The quantitative estimate of drug-likeness (QED) is 0.809. The Bertz CT molecular complexity index is 573. The number of hydrogen-bond acceptors (Lipinski definition) is 4. The number of hydrogen-bond donors (Lipinski definition) is 1. The van der Waals surface area contributed by atoms with E-state index in [4.69, 9.17) is 4.74 Å². The summed E-state index contributed by atoms with van der Waals surface area (Å²) < 4.78 is 5.24. The Hall–Kier alpha value is -1.88. The lowest BCUT2D eigenvalue weighted by Gasteiger charge is -2.16. The van der Waals surface area contributed by atoms with Gasteiger partial charge in [0.2, 0.25) is 5.88 Å². The molecule has 0 aromatic carbocycles. The summed E-state index contributed by atoms with van der Waals surface area (Å²) in [7, 11) is 1.56. The third-order valence-electron chi connectivity index (χ3n) is 3.31. The van der Waals surface area contributed by atoms with Crippen molar-refractivity contribution in [2.24, 2.45) is 0 Å². The van der Waals surface area contributed by atoms with Crippen LogP contribution in [0.2, 0.25) is 0 Å². The number of methoxy groups -OCH3 is 1. The third-order valence-corrected chi connectivity index (χ3v) is 3.31. The molecule has 0 saturated heterocycles. The normalized spacial score (nSPS) is 11.2. The summed E-state index contributed by atoms with van der Waals surface area (Å²) in [6, 6.07) is 1.84. The molecule has 2 heterocycles.